The molecular weight excluding hydrogens is 369 g/mol. The lowest BCUT2D eigenvalue weighted by Crippen LogP contribution is -2.48. The number of hydrogen-bond acceptors (Lipinski definition) is 4. The molecule has 1 amide bonds. The largest absolute Gasteiger partial charge is 0.399 e. The third kappa shape index (κ3) is 4.84. The van der Waals surface area contributed by atoms with Gasteiger partial charge in [0.2, 0.25) is 0 Å². The number of amides is 1. The number of carbonyl (C=O) groups is 1. The normalized spacial score (nSPS) is 15.3. The summed E-state index contributed by atoms with van der Waals surface area (Å²) in [6.45, 7) is 2.99. The topological polar surface area (TPSA) is 45.1 Å². The van der Waals surface area contributed by atoms with Gasteiger partial charge < -0.3 is 9.74 Å². The van der Waals surface area contributed by atoms with Gasteiger partial charge in [-0.3, -0.25) is 9.69 Å². The molecule has 0 bridgehead atoms. The van der Waals surface area contributed by atoms with Crippen molar-refractivity contribution in [2.45, 2.75) is 6.54 Å². The van der Waals surface area contributed by atoms with Gasteiger partial charge in [0.15, 0.2) is 0 Å². The van der Waals surface area contributed by atoms with E-state index in [0.29, 0.717) is 48.9 Å². The second kappa shape index (κ2) is 8.97. The van der Waals surface area contributed by atoms with Crippen molar-refractivity contribution in [3.63, 3.8) is 0 Å². The molecule has 0 N–H and O–H groups in total. The second-order valence-corrected chi connectivity index (χ2v) is 6.71. The molecule has 7 heteroatoms. The average Bonchev–Trinajstić information content (AvgIpc) is 2.70. The molecule has 0 unspecified atom stereocenters. The van der Waals surface area contributed by atoms with Crippen molar-refractivity contribution >= 4 is 23.7 Å². The first-order chi connectivity index (χ1) is 13.1. The van der Waals surface area contributed by atoms with E-state index >= 15 is 0 Å². The van der Waals surface area contributed by atoms with Crippen LogP contribution in [0.1, 0.15) is 21.5 Å². The maximum absolute atomic E-state index is 13.9. The zero-order valence-corrected chi connectivity index (χ0v) is 15.8. The molecule has 142 valence electrons. The van der Waals surface area contributed by atoms with Gasteiger partial charge in [-0.2, -0.15) is 0 Å². The molecule has 1 aliphatic heterocycles. The Morgan fingerprint density at radius 2 is 1.89 bits per heavy atom. The molecule has 27 heavy (non-hydrogen) atoms. The number of hydrogen-bond donors (Lipinski definition) is 0. The zero-order chi connectivity index (χ0) is 19.2. The third-order valence-corrected chi connectivity index (χ3v) is 4.92. The van der Waals surface area contributed by atoms with E-state index < -0.39 is 0 Å². The molecule has 1 fully saturated rings. The van der Waals surface area contributed by atoms with Crippen LogP contribution in [0.25, 0.3) is 0 Å². The first-order valence-electron chi connectivity index (χ1n) is 8.69. The first kappa shape index (κ1) is 19.3. The van der Waals surface area contributed by atoms with Crippen molar-refractivity contribution in [2.75, 3.05) is 33.3 Å². The molecule has 0 atom stereocenters. The van der Waals surface area contributed by atoms with Crippen molar-refractivity contribution < 1.29 is 14.0 Å². The molecule has 0 aromatic heterocycles. The fraction of sp³-hybridized carbons (Fsp3) is 0.300. The van der Waals surface area contributed by atoms with Gasteiger partial charge in [-0.25, -0.2) is 4.39 Å². The van der Waals surface area contributed by atoms with Crippen LogP contribution >= 0.6 is 11.6 Å². The van der Waals surface area contributed by atoms with Crippen LogP contribution < -0.4 is 0 Å². The Balaban J connectivity index is 1.57. The van der Waals surface area contributed by atoms with Gasteiger partial charge in [0.05, 0.1) is 6.21 Å². The summed E-state index contributed by atoms with van der Waals surface area (Å²) in [6.07, 6.45) is 1.58. The molecule has 1 heterocycles. The summed E-state index contributed by atoms with van der Waals surface area (Å²) >= 11 is 6.10. The fourth-order valence-corrected chi connectivity index (χ4v) is 3.25. The third-order valence-electron chi connectivity index (χ3n) is 4.57. The lowest BCUT2D eigenvalue weighted by molar-refractivity contribution is 0.0627. The highest BCUT2D eigenvalue weighted by Gasteiger charge is 2.23. The highest BCUT2D eigenvalue weighted by atomic mass is 35.5. The molecule has 3 rings (SSSR count). The zero-order valence-electron chi connectivity index (χ0n) is 15.1. The van der Waals surface area contributed by atoms with Crippen LogP contribution in [0, 0.1) is 5.82 Å². The van der Waals surface area contributed by atoms with E-state index in [2.05, 4.69) is 14.9 Å². The quantitative estimate of drug-likeness (QED) is 0.581. The number of oxime groups is 1. The second-order valence-electron chi connectivity index (χ2n) is 6.31. The fourth-order valence-electron chi connectivity index (χ4n) is 3.02. The van der Waals surface area contributed by atoms with E-state index in [1.807, 2.05) is 17.0 Å². The number of carbonyl (C=O) groups excluding carboxylic acids is 1. The summed E-state index contributed by atoms with van der Waals surface area (Å²) in [4.78, 5) is 21.2. The van der Waals surface area contributed by atoms with Crippen molar-refractivity contribution in [3.05, 3.63) is 70.0 Å². The van der Waals surface area contributed by atoms with Crippen molar-refractivity contribution in [3.8, 4) is 0 Å². The van der Waals surface area contributed by atoms with Crippen LogP contribution in [0.4, 0.5) is 4.39 Å². The van der Waals surface area contributed by atoms with Crippen LogP contribution in [-0.2, 0) is 11.4 Å². The molecule has 0 saturated carbocycles. The number of rotatable bonds is 5. The van der Waals surface area contributed by atoms with Crippen LogP contribution in [0.3, 0.4) is 0 Å². The van der Waals surface area contributed by atoms with E-state index in [4.69, 9.17) is 11.6 Å². The summed E-state index contributed by atoms with van der Waals surface area (Å²) < 4.78 is 13.9. The van der Waals surface area contributed by atoms with Gasteiger partial charge in [-0.05, 0) is 29.8 Å². The van der Waals surface area contributed by atoms with Crippen LogP contribution in [0.5, 0.6) is 0 Å². The predicted molar refractivity (Wildman–Crippen MR) is 104 cm³/mol. The van der Waals surface area contributed by atoms with Gasteiger partial charge in [-0.1, -0.05) is 35.0 Å². The maximum Gasteiger partial charge on any atom is 0.253 e. The highest BCUT2D eigenvalue weighted by molar-refractivity contribution is 6.31. The lowest BCUT2D eigenvalue weighted by Gasteiger charge is -2.35. The molecule has 2 aromatic rings. The van der Waals surface area contributed by atoms with Gasteiger partial charge in [0.1, 0.15) is 12.9 Å². The predicted octanol–water partition coefficient (Wildman–Crippen LogP) is 3.42. The van der Waals surface area contributed by atoms with Crippen molar-refractivity contribution in [2.24, 2.45) is 5.16 Å². The van der Waals surface area contributed by atoms with E-state index in [-0.39, 0.29) is 11.7 Å². The van der Waals surface area contributed by atoms with Crippen molar-refractivity contribution in [1.29, 1.82) is 0 Å². The highest BCUT2D eigenvalue weighted by Crippen LogP contribution is 2.21. The lowest BCUT2D eigenvalue weighted by atomic mass is 10.1. The summed E-state index contributed by atoms with van der Waals surface area (Å²) in [5.74, 6) is -0.299. The molecular formula is C20H21ClFN3O2. The average molecular weight is 390 g/mol. The van der Waals surface area contributed by atoms with Gasteiger partial charge in [0, 0.05) is 48.9 Å². The van der Waals surface area contributed by atoms with E-state index in [1.165, 1.54) is 13.2 Å². The molecule has 0 aliphatic carbocycles. The monoisotopic (exact) mass is 389 g/mol. The van der Waals surface area contributed by atoms with Gasteiger partial charge in [0.25, 0.3) is 5.91 Å². The standard InChI is InChI=1S/C20H21ClFN3O2/c1-27-23-13-15-5-7-16(8-6-15)20(26)25-11-9-24(10-12-25)14-17-18(21)3-2-4-19(17)22/h2-8,13H,9-12,14H2,1H3/b23-13+. The SMILES string of the molecule is CO/N=C/c1ccc(C(=O)N2CCN(Cc3c(F)cccc3Cl)CC2)cc1. The number of benzene rings is 2. The number of halogens is 2. The van der Waals surface area contributed by atoms with Gasteiger partial charge >= 0.3 is 0 Å². The van der Waals surface area contributed by atoms with Crippen LogP contribution in [0.2, 0.25) is 5.02 Å². The summed E-state index contributed by atoms with van der Waals surface area (Å²) in [5, 5.41) is 4.14. The number of nitrogens with zero attached hydrogens (tertiary/aromatic N) is 3. The van der Waals surface area contributed by atoms with Crippen LogP contribution in [-0.4, -0.2) is 55.2 Å². The molecule has 0 radical (unpaired) electrons. The van der Waals surface area contributed by atoms with Gasteiger partial charge in [-0.15, -0.1) is 0 Å². The molecule has 1 aliphatic rings. The Bertz CT molecular complexity index is 798. The Kier molecular flexibility index (Phi) is 6.42. The summed E-state index contributed by atoms with van der Waals surface area (Å²) in [6, 6.07) is 11.9. The minimum absolute atomic E-state index is 0.00574. The van der Waals surface area contributed by atoms with E-state index in [1.54, 1.807) is 30.5 Å². The number of piperazine rings is 1. The van der Waals surface area contributed by atoms with E-state index in [0.717, 1.165) is 5.56 Å². The van der Waals surface area contributed by atoms with E-state index in [9.17, 15) is 9.18 Å². The molecule has 5 nitrogen and oxygen atoms in total. The maximum atomic E-state index is 13.9. The first-order valence-corrected chi connectivity index (χ1v) is 9.07. The molecule has 0 spiro atoms. The van der Waals surface area contributed by atoms with Crippen LogP contribution in [0.15, 0.2) is 47.6 Å². The minimum Gasteiger partial charge on any atom is -0.399 e. The Hall–Kier alpha value is -2.44. The minimum atomic E-state index is -0.293. The molecule has 2 aromatic carbocycles. The Morgan fingerprint density at radius 3 is 2.52 bits per heavy atom. The Morgan fingerprint density at radius 1 is 1.19 bits per heavy atom. The van der Waals surface area contributed by atoms with Crippen molar-refractivity contribution in [1.82, 2.24) is 9.80 Å². The Labute approximate surface area is 163 Å². The smallest absolute Gasteiger partial charge is 0.253 e. The summed E-state index contributed by atoms with van der Waals surface area (Å²) in [7, 11) is 1.48. The summed E-state index contributed by atoms with van der Waals surface area (Å²) in [5.41, 5.74) is 2.00. The molecule has 1 saturated heterocycles.